The molecule has 2 N–H and O–H groups in total. The van der Waals surface area contributed by atoms with Crippen LogP contribution in [-0.2, 0) is 20.9 Å². The van der Waals surface area contributed by atoms with Gasteiger partial charge in [0.1, 0.15) is 18.1 Å². The molecule has 1 unspecified atom stereocenters. The molecule has 2 aliphatic rings. The number of furan rings is 1. The number of carbonyl (C=O) groups excluding carboxylic acids is 3. The third-order valence-corrected chi connectivity index (χ3v) is 4.46. The van der Waals surface area contributed by atoms with Gasteiger partial charge in [0.15, 0.2) is 5.76 Å². The summed E-state index contributed by atoms with van der Waals surface area (Å²) >= 11 is 0. The van der Waals surface area contributed by atoms with Crippen LogP contribution in [0.1, 0.15) is 42.0 Å². The zero-order valence-electron chi connectivity index (χ0n) is 14.6. The Morgan fingerprint density at radius 2 is 2.27 bits per heavy atom. The van der Waals surface area contributed by atoms with E-state index in [0.29, 0.717) is 37.6 Å². The maximum Gasteiger partial charge on any atom is 0.287 e. The van der Waals surface area contributed by atoms with Crippen molar-refractivity contribution in [2.45, 2.75) is 38.3 Å². The van der Waals surface area contributed by atoms with Gasteiger partial charge in [-0.25, -0.2) is 5.43 Å². The van der Waals surface area contributed by atoms with Gasteiger partial charge < -0.3 is 19.4 Å². The molecule has 3 heterocycles. The Balaban J connectivity index is 1.55. The fraction of sp³-hybridized carbons (Fsp3) is 0.529. The average Bonchev–Trinajstić information content (AvgIpc) is 3.29. The van der Waals surface area contributed by atoms with Gasteiger partial charge in [-0.3, -0.25) is 14.4 Å². The van der Waals surface area contributed by atoms with Crippen molar-refractivity contribution in [2.75, 3.05) is 20.2 Å². The third kappa shape index (κ3) is 4.10. The smallest absolute Gasteiger partial charge is 0.287 e. The molecule has 1 atom stereocenters. The van der Waals surface area contributed by atoms with Crippen LogP contribution in [0.5, 0.6) is 0 Å². The fourth-order valence-corrected chi connectivity index (χ4v) is 3.13. The summed E-state index contributed by atoms with van der Waals surface area (Å²) in [6, 6.07) is 3.19. The van der Waals surface area contributed by atoms with Gasteiger partial charge in [0.2, 0.25) is 5.91 Å². The predicted octanol–water partition coefficient (Wildman–Crippen LogP) is 0.413. The van der Waals surface area contributed by atoms with Crippen LogP contribution in [0.3, 0.4) is 0 Å². The predicted molar refractivity (Wildman–Crippen MR) is 91.3 cm³/mol. The van der Waals surface area contributed by atoms with E-state index in [1.165, 1.54) is 0 Å². The number of carbonyl (C=O) groups is 3. The first-order valence-corrected chi connectivity index (χ1v) is 8.60. The molecule has 0 aliphatic carbocycles. The highest BCUT2D eigenvalue weighted by atomic mass is 16.5. The van der Waals surface area contributed by atoms with Gasteiger partial charge in [0, 0.05) is 39.1 Å². The Hall–Kier alpha value is -2.68. The Morgan fingerprint density at radius 1 is 1.42 bits per heavy atom. The number of hydrogen-bond acceptors (Lipinski definition) is 6. The van der Waals surface area contributed by atoms with Crippen LogP contribution >= 0.6 is 0 Å². The van der Waals surface area contributed by atoms with Gasteiger partial charge in [-0.1, -0.05) is 0 Å². The summed E-state index contributed by atoms with van der Waals surface area (Å²) in [6.07, 6.45) is 2.28. The van der Waals surface area contributed by atoms with E-state index in [0.717, 1.165) is 12.8 Å². The summed E-state index contributed by atoms with van der Waals surface area (Å²) in [4.78, 5) is 37.7. The molecule has 0 saturated carbocycles. The summed E-state index contributed by atoms with van der Waals surface area (Å²) in [6.45, 7) is 1.26. The van der Waals surface area contributed by atoms with E-state index < -0.39 is 0 Å². The van der Waals surface area contributed by atoms with Gasteiger partial charge >= 0.3 is 0 Å². The maximum atomic E-state index is 12.6. The SMILES string of the molecule is COCc1ccc(C(=O)NCC2CCCN2C(=O)C2=NNC(=O)CC2)o1. The summed E-state index contributed by atoms with van der Waals surface area (Å²) < 4.78 is 10.4. The van der Waals surface area contributed by atoms with Crippen molar-refractivity contribution in [3.63, 3.8) is 0 Å². The number of likely N-dealkylation sites (tertiary alicyclic amines) is 1. The van der Waals surface area contributed by atoms with Gasteiger partial charge in [-0.15, -0.1) is 0 Å². The standard InChI is InChI=1S/C17H22N4O5/c1-25-10-12-4-6-14(26-12)16(23)18-9-11-3-2-8-21(11)17(24)13-5-7-15(22)20-19-13/h4,6,11H,2-3,5,7-10H2,1H3,(H,18,23)(H,20,22). The molecule has 9 nitrogen and oxygen atoms in total. The summed E-state index contributed by atoms with van der Waals surface area (Å²) in [7, 11) is 1.55. The summed E-state index contributed by atoms with van der Waals surface area (Å²) in [5.74, 6) is 0.106. The topological polar surface area (TPSA) is 113 Å². The molecule has 1 aromatic heterocycles. The molecule has 0 aromatic carbocycles. The molecule has 26 heavy (non-hydrogen) atoms. The molecule has 2 aliphatic heterocycles. The molecular formula is C17H22N4O5. The van der Waals surface area contributed by atoms with E-state index in [4.69, 9.17) is 9.15 Å². The Bertz CT molecular complexity index is 726. The molecule has 0 spiro atoms. The largest absolute Gasteiger partial charge is 0.453 e. The molecule has 1 fully saturated rings. The molecule has 140 valence electrons. The van der Waals surface area contributed by atoms with Crippen molar-refractivity contribution >= 4 is 23.4 Å². The zero-order chi connectivity index (χ0) is 18.5. The normalized spacial score (nSPS) is 19.9. The summed E-state index contributed by atoms with van der Waals surface area (Å²) in [5.41, 5.74) is 2.70. The van der Waals surface area contributed by atoms with Crippen molar-refractivity contribution in [2.24, 2.45) is 5.10 Å². The minimum absolute atomic E-state index is 0.0971. The molecule has 1 saturated heterocycles. The van der Waals surface area contributed by atoms with Gasteiger partial charge in [-0.05, 0) is 25.0 Å². The van der Waals surface area contributed by atoms with Crippen LogP contribution in [-0.4, -0.2) is 54.6 Å². The Morgan fingerprint density at radius 3 is 3.00 bits per heavy atom. The number of rotatable bonds is 6. The van der Waals surface area contributed by atoms with E-state index in [9.17, 15) is 14.4 Å². The van der Waals surface area contributed by atoms with Crippen LogP contribution in [0.2, 0.25) is 0 Å². The molecule has 9 heteroatoms. The average molecular weight is 362 g/mol. The van der Waals surface area contributed by atoms with Crippen LogP contribution in [0.4, 0.5) is 0 Å². The van der Waals surface area contributed by atoms with Crippen LogP contribution < -0.4 is 10.7 Å². The van der Waals surface area contributed by atoms with Gasteiger partial charge in [0.05, 0.1) is 0 Å². The first-order valence-electron chi connectivity index (χ1n) is 8.60. The molecule has 0 radical (unpaired) electrons. The number of nitrogens with zero attached hydrogens (tertiary/aromatic N) is 2. The number of amides is 3. The lowest BCUT2D eigenvalue weighted by atomic mass is 10.1. The van der Waals surface area contributed by atoms with E-state index in [1.54, 1.807) is 24.1 Å². The molecule has 0 bridgehead atoms. The Kier molecular flexibility index (Phi) is 5.67. The van der Waals surface area contributed by atoms with Crippen LogP contribution in [0.15, 0.2) is 21.7 Å². The van der Waals surface area contributed by atoms with Crippen LogP contribution in [0, 0.1) is 0 Å². The second kappa shape index (κ2) is 8.13. The van der Waals surface area contributed by atoms with E-state index in [2.05, 4.69) is 15.8 Å². The lowest BCUT2D eigenvalue weighted by Gasteiger charge is -2.26. The number of hydrazone groups is 1. The highest BCUT2D eigenvalue weighted by Gasteiger charge is 2.32. The van der Waals surface area contributed by atoms with Crippen molar-refractivity contribution in [1.82, 2.24) is 15.6 Å². The quantitative estimate of drug-likeness (QED) is 0.761. The van der Waals surface area contributed by atoms with Crippen molar-refractivity contribution in [1.29, 1.82) is 0 Å². The number of nitrogens with one attached hydrogen (secondary N) is 2. The Labute approximate surface area is 150 Å². The highest BCUT2D eigenvalue weighted by Crippen LogP contribution is 2.19. The second-order valence-corrected chi connectivity index (χ2v) is 6.30. The molecular weight excluding hydrogens is 340 g/mol. The number of ether oxygens (including phenoxy) is 1. The first kappa shape index (κ1) is 18.1. The van der Waals surface area contributed by atoms with Crippen molar-refractivity contribution in [3.05, 3.63) is 23.7 Å². The number of methoxy groups -OCH3 is 1. The van der Waals surface area contributed by atoms with E-state index in [1.807, 2.05) is 0 Å². The molecule has 3 rings (SSSR count). The van der Waals surface area contributed by atoms with Crippen molar-refractivity contribution < 1.29 is 23.5 Å². The van der Waals surface area contributed by atoms with Crippen molar-refractivity contribution in [3.8, 4) is 0 Å². The minimum atomic E-state index is -0.325. The minimum Gasteiger partial charge on any atom is -0.453 e. The first-order chi connectivity index (χ1) is 12.6. The van der Waals surface area contributed by atoms with Crippen LogP contribution in [0.25, 0.3) is 0 Å². The second-order valence-electron chi connectivity index (χ2n) is 6.30. The zero-order valence-corrected chi connectivity index (χ0v) is 14.6. The summed E-state index contributed by atoms with van der Waals surface area (Å²) in [5, 5.41) is 6.68. The lowest BCUT2D eigenvalue weighted by Crippen LogP contribution is -2.47. The van der Waals surface area contributed by atoms with Gasteiger partial charge in [-0.2, -0.15) is 5.10 Å². The highest BCUT2D eigenvalue weighted by molar-refractivity contribution is 6.39. The molecule has 3 amide bonds. The van der Waals surface area contributed by atoms with E-state index >= 15 is 0 Å². The maximum absolute atomic E-state index is 12.6. The number of hydrogen-bond donors (Lipinski definition) is 2. The fourth-order valence-electron chi connectivity index (χ4n) is 3.13. The monoisotopic (exact) mass is 362 g/mol. The van der Waals surface area contributed by atoms with Gasteiger partial charge in [0.25, 0.3) is 11.8 Å². The van der Waals surface area contributed by atoms with E-state index in [-0.39, 0.29) is 35.9 Å². The molecule has 1 aromatic rings. The third-order valence-electron chi connectivity index (χ3n) is 4.46. The lowest BCUT2D eigenvalue weighted by molar-refractivity contribution is -0.125.